The number of nitrogens with one attached hydrogen (secondary N) is 1. The summed E-state index contributed by atoms with van der Waals surface area (Å²) >= 11 is 3.40. The fourth-order valence-electron chi connectivity index (χ4n) is 3.15. The summed E-state index contributed by atoms with van der Waals surface area (Å²) in [5.41, 5.74) is 7.90. The molecule has 0 spiro atoms. The summed E-state index contributed by atoms with van der Waals surface area (Å²) in [6, 6.07) is 27.8. The van der Waals surface area contributed by atoms with Gasteiger partial charge in [0.15, 0.2) is 0 Å². The predicted octanol–water partition coefficient (Wildman–Crippen LogP) is 5.14. The molecule has 0 fully saturated rings. The van der Waals surface area contributed by atoms with Crippen LogP contribution in [-0.4, -0.2) is 12.1 Å². The van der Waals surface area contributed by atoms with Crippen molar-refractivity contribution in [2.45, 2.75) is 0 Å². The van der Waals surface area contributed by atoms with Gasteiger partial charge in [-0.25, -0.2) is 5.43 Å². The molecule has 1 aliphatic rings. The third kappa shape index (κ3) is 3.91. The molecule has 1 N–H and O–H groups in total. The zero-order valence-corrected chi connectivity index (χ0v) is 16.1. The Hall–Kier alpha value is -2.98. The Morgan fingerprint density at radius 1 is 0.815 bits per heavy atom. The monoisotopic (exact) mass is 416 g/mol. The van der Waals surface area contributed by atoms with Crippen molar-refractivity contribution < 1.29 is 4.79 Å². The summed E-state index contributed by atoms with van der Waals surface area (Å²) in [4.78, 5) is 12.7. The van der Waals surface area contributed by atoms with Crippen molar-refractivity contribution in [2.75, 3.05) is 0 Å². The minimum Gasteiger partial charge on any atom is -0.272 e. The molecule has 0 bridgehead atoms. The molecule has 0 heterocycles. The van der Waals surface area contributed by atoms with E-state index in [1.807, 2.05) is 84.9 Å². The second-order valence-corrected chi connectivity index (χ2v) is 7.19. The number of halogens is 1. The van der Waals surface area contributed by atoms with E-state index in [4.69, 9.17) is 0 Å². The molecule has 0 saturated heterocycles. The van der Waals surface area contributed by atoms with Crippen LogP contribution < -0.4 is 5.43 Å². The van der Waals surface area contributed by atoms with E-state index in [9.17, 15) is 4.79 Å². The number of amides is 1. The standard InChI is InChI=1S/C23H17BrN2O/c24-19-13-11-16(12-14-19)15-25-26-23(27)22-20(17-7-3-1-4-8-17)21(22)18-9-5-2-6-10-18/h1-15,22H,(H,26,27)/b25-15-. The van der Waals surface area contributed by atoms with Crippen molar-refractivity contribution in [3.8, 4) is 0 Å². The van der Waals surface area contributed by atoms with Gasteiger partial charge in [0, 0.05) is 4.47 Å². The van der Waals surface area contributed by atoms with Crippen LogP contribution in [0.1, 0.15) is 16.7 Å². The molecule has 1 aliphatic carbocycles. The second-order valence-electron chi connectivity index (χ2n) is 6.28. The van der Waals surface area contributed by atoms with Gasteiger partial charge >= 0.3 is 0 Å². The third-order valence-electron chi connectivity index (χ3n) is 4.47. The summed E-state index contributed by atoms with van der Waals surface area (Å²) in [6.07, 6.45) is 1.65. The molecule has 27 heavy (non-hydrogen) atoms. The van der Waals surface area contributed by atoms with E-state index in [-0.39, 0.29) is 11.8 Å². The summed E-state index contributed by atoms with van der Waals surface area (Å²) in [5.74, 6) is -0.377. The number of benzene rings is 3. The minimum absolute atomic E-state index is 0.110. The zero-order valence-electron chi connectivity index (χ0n) is 14.5. The fraction of sp³-hybridized carbons (Fsp3) is 0.0435. The highest BCUT2D eigenvalue weighted by atomic mass is 79.9. The molecule has 0 aliphatic heterocycles. The molecule has 0 atom stereocenters. The minimum atomic E-state index is -0.267. The lowest BCUT2D eigenvalue weighted by molar-refractivity contribution is -0.121. The first-order valence-electron chi connectivity index (χ1n) is 8.67. The van der Waals surface area contributed by atoms with E-state index in [1.165, 1.54) is 0 Å². The number of nitrogens with zero attached hydrogens (tertiary/aromatic N) is 1. The SMILES string of the molecule is O=C(N/N=C\c1ccc(Br)cc1)C1C(c2ccccc2)=C1c1ccccc1. The molecule has 3 aromatic carbocycles. The zero-order chi connectivity index (χ0) is 18.6. The average Bonchev–Trinajstić information content (AvgIpc) is 3.47. The van der Waals surface area contributed by atoms with Gasteiger partial charge in [-0.2, -0.15) is 5.10 Å². The first kappa shape index (κ1) is 17.4. The normalized spacial score (nSPS) is 13.8. The van der Waals surface area contributed by atoms with Crippen molar-refractivity contribution in [2.24, 2.45) is 11.0 Å². The van der Waals surface area contributed by atoms with Crippen LogP contribution in [0.15, 0.2) is 94.5 Å². The van der Waals surface area contributed by atoms with Crippen molar-refractivity contribution in [3.63, 3.8) is 0 Å². The number of hydrogen-bond donors (Lipinski definition) is 1. The van der Waals surface area contributed by atoms with Crippen LogP contribution >= 0.6 is 15.9 Å². The molecule has 3 nitrogen and oxygen atoms in total. The van der Waals surface area contributed by atoms with E-state index in [2.05, 4.69) is 26.5 Å². The molecule has 4 heteroatoms. The topological polar surface area (TPSA) is 41.5 Å². The highest BCUT2D eigenvalue weighted by molar-refractivity contribution is 9.10. The number of rotatable bonds is 5. The van der Waals surface area contributed by atoms with Gasteiger partial charge in [0.2, 0.25) is 0 Å². The van der Waals surface area contributed by atoms with Gasteiger partial charge in [0.05, 0.1) is 12.1 Å². The predicted molar refractivity (Wildman–Crippen MR) is 113 cm³/mol. The first-order valence-corrected chi connectivity index (χ1v) is 9.47. The van der Waals surface area contributed by atoms with Crippen LogP contribution in [-0.2, 0) is 4.79 Å². The van der Waals surface area contributed by atoms with E-state index in [1.54, 1.807) is 6.21 Å². The summed E-state index contributed by atoms with van der Waals surface area (Å²) in [7, 11) is 0. The Balaban J connectivity index is 1.52. The molecular formula is C23H17BrN2O. The average molecular weight is 417 g/mol. The number of carbonyl (C=O) groups excluding carboxylic acids is 1. The van der Waals surface area contributed by atoms with Crippen molar-refractivity contribution in [1.29, 1.82) is 0 Å². The Morgan fingerprint density at radius 2 is 1.33 bits per heavy atom. The van der Waals surface area contributed by atoms with E-state index >= 15 is 0 Å². The molecule has 3 aromatic rings. The molecule has 1 amide bonds. The van der Waals surface area contributed by atoms with Crippen molar-refractivity contribution >= 4 is 39.2 Å². The largest absolute Gasteiger partial charge is 0.272 e. The molecule has 0 radical (unpaired) electrons. The van der Waals surface area contributed by atoms with Gasteiger partial charge in [-0.3, -0.25) is 4.79 Å². The maximum Gasteiger partial charge on any atom is 0.252 e. The number of hydrogen-bond acceptors (Lipinski definition) is 2. The maximum atomic E-state index is 12.7. The van der Waals surface area contributed by atoms with Gasteiger partial charge in [-0.05, 0) is 40.0 Å². The molecule has 0 unspecified atom stereocenters. The van der Waals surface area contributed by atoms with Crippen LogP contribution in [0.4, 0.5) is 0 Å². The molecule has 0 saturated carbocycles. The van der Waals surface area contributed by atoms with Crippen LogP contribution in [0, 0.1) is 5.92 Å². The van der Waals surface area contributed by atoms with Crippen LogP contribution in [0.3, 0.4) is 0 Å². The van der Waals surface area contributed by atoms with Gasteiger partial charge in [-0.1, -0.05) is 88.7 Å². The van der Waals surface area contributed by atoms with Crippen molar-refractivity contribution in [1.82, 2.24) is 5.43 Å². The summed E-state index contributed by atoms with van der Waals surface area (Å²) < 4.78 is 1.01. The highest BCUT2D eigenvalue weighted by Gasteiger charge is 2.43. The first-order chi connectivity index (χ1) is 13.2. The Bertz CT molecular complexity index is 960. The van der Waals surface area contributed by atoms with Gasteiger partial charge < -0.3 is 0 Å². The second kappa shape index (κ2) is 7.72. The van der Waals surface area contributed by atoms with Crippen molar-refractivity contribution in [3.05, 3.63) is 106 Å². The smallest absolute Gasteiger partial charge is 0.252 e. The lowest BCUT2D eigenvalue weighted by Crippen LogP contribution is -2.21. The van der Waals surface area contributed by atoms with Gasteiger partial charge in [0.1, 0.15) is 0 Å². The quantitative estimate of drug-likeness (QED) is 0.453. The third-order valence-corrected chi connectivity index (χ3v) is 5.00. The van der Waals surface area contributed by atoms with Gasteiger partial charge in [-0.15, -0.1) is 0 Å². The van der Waals surface area contributed by atoms with E-state index < -0.39 is 0 Å². The lowest BCUT2D eigenvalue weighted by atomic mass is 10.1. The Morgan fingerprint density at radius 3 is 1.85 bits per heavy atom. The highest BCUT2D eigenvalue weighted by Crippen LogP contribution is 2.53. The maximum absolute atomic E-state index is 12.7. The lowest BCUT2D eigenvalue weighted by Gasteiger charge is -2.02. The molecule has 132 valence electrons. The molecule has 0 aromatic heterocycles. The molecule has 4 rings (SSSR count). The fourth-order valence-corrected chi connectivity index (χ4v) is 3.41. The Kier molecular flexibility index (Phi) is 4.99. The summed E-state index contributed by atoms with van der Waals surface area (Å²) in [5, 5.41) is 4.12. The van der Waals surface area contributed by atoms with Crippen LogP contribution in [0.5, 0.6) is 0 Å². The molecular weight excluding hydrogens is 400 g/mol. The number of hydrazone groups is 1. The van der Waals surface area contributed by atoms with Crippen LogP contribution in [0.2, 0.25) is 0 Å². The Labute approximate surface area is 166 Å². The summed E-state index contributed by atoms with van der Waals surface area (Å²) in [6.45, 7) is 0. The van der Waals surface area contributed by atoms with E-state index in [0.29, 0.717) is 0 Å². The van der Waals surface area contributed by atoms with Gasteiger partial charge in [0.25, 0.3) is 5.91 Å². The van der Waals surface area contributed by atoms with Crippen LogP contribution in [0.25, 0.3) is 11.1 Å². The van der Waals surface area contributed by atoms with E-state index in [0.717, 1.165) is 32.3 Å². The number of carbonyl (C=O) groups is 1.